The van der Waals surface area contributed by atoms with Crippen LogP contribution >= 0.6 is 11.6 Å². The molecule has 0 aliphatic heterocycles. The molecule has 80 valence electrons. The maximum Gasteiger partial charge on any atom is 0.253 e. The molecule has 15 heavy (non-hydrogen) atoms. The van der Waals surface area contributed by atoms with Crippen LogP contribution in [0, 0.1) is 0 Å². The molecule has 4 heteroatoms. The fourth-order valence-corrected chi connectivity index (χ4v) is 2.17. The minimum atomic E-state index is -0.0827. The molecular weight excluding hydrogens is 212 g/mol. The van der Waals surface area contributed by atoms with Gasteiger partial charge >= 0.3 is 0 Å². The fourth-order valence-electron chi connectivity index (χ4n) is 1.83. The van der Waals surface area contributed by atoms with Crippen molar-refractivity contribution in [3.05, 3.63) is 30.1 Å². The Bertz CT molecular complexity index is 342. The number of hydrogen-bond acceptors (Lipinski definition) is 2. The van der Waals surface area contributed by atoms with E-state index >= 15 is 0 Å². The first kappa shape index (κ1) is 10.4. The van der Waals surface area contributed by atoms with E-state index in [0.29, 0.717) is 5.56 Å². The molecule has 3 nitrogen and oxygen atoms in total. The van der Waals surface area contributed by atoms with E-state index in [1.807, 2.05) is 0 Å². The second-order valence-corrected chi connectivity index (χ2v) is 4.33. The van der Waals surface area contributed by atoms with Crippen LogP contribution in [0.3, 0.4) is 0 Å². The molecule has 1 heterocycles. The van der Waals surface area contributed by atoms with E-state index in [9.17, 15) is 4.79 Å². The number of amides is 1. The molecule has 1 fully saturated rings. The second-order valence-electron chi connectivity index (χ2n) is 3.77. The number of nitrogens with zero attached hydrogens (tertiary/aromatic N) is 1. The van der Waals surface area contributed by atoms with Crippen LogP contribution in [0.4, 0.5) is 0 Å². The lowest BCUT2D eigenvalue weighted by Crippen LogP contribution is -2.37. The van der Waals surface area contributed by atoms with Gasteiger partial charge in [0, 0.05) is 18.4 Å². The number of aromatic nitrogens is 1. The quantitative estimate of drug-likeness (QED) is 0.781. The van der Waals surface area contributed by atoms with E-state index in [-0.39, 0.29) is 17.3 Å². The highest BCUT2D eigenvalue weighted by Gasteiger charge is 2.26. The number of halogens is 1. The highest BCUT2D eigenvalue weighted by molar-refractivity contribution is 6.21. The van der Waals surface area contributed by atoms with E-state index in [4.69, 9.17) is 11.6 Å². The van der Waals surface area contributed by atoms with E-state index in [0.717, 1.165) is 19.3 Å². The summed E-state index contributed by atoms with van der Waals surface area (Å²) in [6, 6.07) is 3.61. The summed E-state index contributed by atoms with van der Waals surface area (Å²) in [7, 11) is 0. The number of pyridine rings is 1. The van der Waals surface area contributed by atoms with Gasteiger partial charge in [0.25, 0.3) is 5.91 Å². The number of carbonyl (C=O) groups is 1. The molecule has 2 rings (SSSR count). The van der Waals surface area contributed by atoms with Gasteiger partial charge in [-0.25, -0.2) is 0 Å². The summed E-state index contributed by atoms with van der Waals surface area (Å²) in [6.45, 7) is 0. The maximum absolute atomic E-state index is 11.7. The van der Waals surface area contributed by atoms with Gasteiger partial charge in [0.15, 0.2) is 0 Å². The van der Waals surface area contributed by atoms with Crippen molar-refractivity contribution in [2.45, 2.75) is 30.7 Å². The Hall–Kier alpha value is -1.09. The van der Waals surface area contributed by atoms with Crippen molar-refractivity contribution in [3.63, 3.8) is 0 Å². The van der Waals surface area contributed by atoms with Crippen LogP contribution in [0.15, 0.2) is 24.5 Å². The van der Waals surface area contributed by atoms with Crippen molar-refractivity contribution in [3.8, 4) is 0 Å². The number of hydrogen-bond donors (Lipinski definition) is 1. The predicted octanol–water partition coefficient (Wildman–Crippen LogP) is 1.97. The molecule has 1 aliphatic rings. The molecule has 1 aromatic rings. The SMILES string of the molecule is O=C(NC1CCCC1Cl)c1cccnc1. The average Bonchev–Trinajstić information content (AvgIpc) is 2.66. The third kappa shape index (κ3) is 2.48. The summed E-state index contributed by atoms with van der Waals surface area (Å²) in [4.78, 5) is 15.6. The van der Waals surface area contributed by atoms with E-state index in [1.54, 1.807) is 24.5 Å². The lowest BCUT2D eigenvalue weighted by molar-refractivity contribution is 0.0938. The summed E-state index contributed by atoms with van der Waals surface area (Å²) in [5.74, 6) is -0.0827. The van der Waals surface area contributed by atoms with Gasteiger partial charge in [-0.15, -0.1) is 11.6 Å². The van der Waals surface area contributed by atoms with Gasteiger partial charge in [-0.1, -0.05) is 0 Å². The lowest BCUT2D eigenvalue weighted by atomic mass is 10.2. The van der Waals surface area contributed by atoms with Crippen LogP contribution in [0.2, 0.25) is 0 Å². The van der Waals surface area contributed by atoms with Crippen molar-refractivity contribution in [2.24, 2.45) is 0 Å². The molecule has 0 bridgehead atoms. The van der Waals surface area contributed by atoms with Crippen molar-refractivity contribution in [1.82, 2.24) is 10.3 Å². The Morgan fingerprint density at radius 3 is 3.00 bits per heavy atom. The van der Waals surface area contributed by atoms with Crippen LogP contribution in [0.5, 0.6) is 0 Å². The van der Waals surface area contributed by atoms with Gasteiger partial charge in [-0.2, -0.15) is 0 Å². The molecule has 1 saturated carbocycles. The lowest BCUT2D eigenvalue weighted by Gasteiger charge is -2.15. The molecule has 1 N–H and O–H groups in total. The summed E-state index contributed by atoms with van der Waals surface area (Å²) < 4.78 is 0. The zero-order valence-corrected chi connectivity index (χ0v) is 9.07. The Balaban J connectivity index is 1.98. The Morgan fingerprint density at radius 2 is 2.40 bits per heavy atom. The van der Waals surface area contributed by atoms with Crippen LogP contribution in [-0.4, -0.2) is 22.3 Å². The van der Waals surface area contributed by atoms with Gasteiger partial charge in [-0.05, 0) is 31.4 Å². The van der Waals surface area contributed by atoms with E-state index < -0.39 is 0 Å². The van der Waals surface area contributed by atoms with Gasteiger partial charge in [0.1, 0.15) is 0 Å². The maximum atomic E-state index is 11.7. The summed E-state index contributed by atoms with van der Waals surface area (Å²) in [6.07, 6.45) is 6.26. The van der Waals surface area contributed by atoms with Gasteiger partial charge < -0.3 is 5.32 Å². The van der Waals surface area contributed by atoms with Crippen molar-refractivity contribution in [2.75, 3.05) is 0 Å². The largest absolute Gasteiger partial charge is 0.348 e. The number of nitrogens with one attached hydrogen (secondary N) is 1. The summed E-state index contributed by atoms with van der Waals surface area (Å²) in [5.41, 5.74) is 0.591. The molecule has 1 amide bonds. The highest BCUT2D eigenvalue weighted by atomic mass is 35.5. The zero-order chi connectivity index (χ0) is 10.7. The first-order valence-electron chi connectivity index (χ1n) is 5.12. The molecule has 0 radical (unpaired) electrons. The third-order valence-electron chi connectivity index (χ3n) is 2.67. The molecule has 0 saturated heterocycles. The van der Waals surface area contributed by atoms with Crippen LogP contribution < -0.4 is 5.32 Å². The normalized spacial score (nSPS) is 25.1. The molecule has 1 aromatic heterocycles. The number of alkyl halides is 1. The van der Waals surface area contributed by atoms with E-state index in [1.165, 1.54) is 0 Å². The third-order valence-corrected chi connectivity index (χ3v) is 3.19. The first-order chi connectivity index (χ1) is 7.27. The van der Waals surface area contributed by atoms with Gasteiger partial charge in [0.05, 0.1) is 10.9 Å². The zero-order valence-electron chi connectivity index (χ0n) is 8.32. The highest BCUT2D eigenvalue weighted by Crippen LogP contribution is 2.24. The van der Waals surface area contributed by atoms with Crippen molar-refractivity contribution >= 4 is 17.5 Å². The van der Waals surface area contributed by atoms with Crippen molar-refractivity contribution < 1.29 is 4.79 Å². The van der Waals surface area contributed by atoms with Crippen LogP contribution in [-0.2, 0) is 0 Å². The summed E-state index contributed by atoms with van der Waals surface area (Å²) in [5, 5.41) is 3.01. The fraction of sp³-hybridized carbons (Fsp3) is 0.455. The molecule has 2 unspecified atom stereocenters. The number of carbonyl (C=O) groups excluding carboxylic acids is 1. The molecule has 1 aliphatic carbocycles. The molecule has 2 atom stereocenters. The molecular formula is C11H13ClN2O. The molecule has 0 aromatic carbocycles. The van der Waals surface area contributed by atoms with Gasteiger partial charge in [0.2, 0.25) is 0 Å². The standard InChI is InChI=1S/C11H13ClN2O/c12-9-4-1-5-10(9)14-11(15)8-3-2-6-13-7-8/h2-3,6-7,9-10H,1,4-5H2,(H,14,15). The Kier molecular flexibility index (Phi) is 3.21. The topological polar surface area (TPSA) is 42.0 Å². The minimum absolute atomic E-state index is 0.0746. The Labute approximate surface area is 93.8 Å². The summed E-state index contributed by atoms with van der Waals surface area (Å²) >= 11 is 6.08. The van der Waals surface area contributed by atoms with E-state index in [2.05, 4.69) is 10.3 Å². The second kappa shape index (κ2) is 4.62. The first-order valence-corrected chi connectivity index (χ1v) is 5.56. The number of rotatable bonds is 2. The van der Waals surface area contributed by atoms with Crippen LogP contribution in [0.1, 0.15) is 29.6 Å². The van der Waals surface area contributed by atoms with Gasteiger partial charge in [-0.3, -0.25) is 9.78 Å². The minimum Gasteiger partial charge on any atom is -0.348 e. The van der Waals surface area contributed by atoms with Crippen LogP contribution in [0.25, 0.3) is 0 Å². The molecule has 0 spiro atoms. The average molecular weight is 225 g/mol. The van der Waals surface area contributed by atoms with Crippen molar-refractivity contribution in [1.29, 1.82) is 0 Å². The smallest absolute Gasteiger partial charge is 0.253 e. The predicted molar refractivity (Wildman–Crippen MR) is 59.0 cm³/mol. The Morgan fingerprint density at radius 1 is 1.53 bits per heavy atom. The monoisotopic (exact) mass is 224 g/mol.